The van der Waals surface area contributed by atoms with Crippen LogP contribution < -0.4 is 5.32 Å². The van der Waals surface area contributed by atoms with Gasteiger partial charge >= 0.3 is 5.97 Å². The van der Waals surface area contributed by atoms with Crippen molar-refractivity contribution in [2.45, 2.75) is 39.7 Å². The third-order valence-corrected chi connectivity index (χ3v) is 2.34. The third kappa shape index (κ3) is 4.47. The first-order valence-electron chi connectivity index (χ1n) is 6.19. The van der Waals surface area contributed by atoms with Crippen molar-refractivity contribution in [3.63, 3.8) is 0 Å². The maximum absolute atomic E-state index is 11.8. The lowest BCUT2D eigenvalue weighted by atomic mass is 10.1. The Morgan fingerprint density at radius 3 is 2.71 bits per heavy atom. The summed E-state index contributed by atoms with van der Waals surface area (Å²) in [5.74, 6) is -0.264. The van der Waals surface area contributed by atoms with Gasteiger partial charge in [-0.2, -0.15) is 0 Å². The standard InChI is InChI=1S/C14H21NO2/c1-4-5-10-15-13-9-7-6-8-12(13)14(16)17-11(2)3/h6-9,11,15H,4-5,10H2,1-3H3. The molecule has 3 heteroatoms. The summed E-state index contributed by atoms with van der Waals surface area (Å²) in [6.07, 6.45) is 2.13. The largest absolute Gasteiger partial charge is 0.459 e. The van der Waals surface area contributed by atoms with Crippen molar-refractivity contribution in [2.24, 2.45) is 0 Å². The van der Waals surface area contributed by atoms with Gasteiger partial charge in [-0.15, -0.1) is 0 Å². The highest BCUT2D eigenvalue weighted by Gasteiger charge is 2.13. The number of rotatable bonds is 6. The Hall–Kier alpha value is -1.51. The summed E-state index contributed by atoms with van der Waals surface area (Å²) in [5.41, 5.74) is 1.46. The molecule has 94 valence electrons. The molecule has 3 nitrogen and oxygen atoms in total. The van der Waals surface area contributed by atoms with Gasteiger partial charge in [0.1, 0.15) is 0 Å². The lowest BCUT2D eigenvalue weighted by molar-refractivity contribution is 0.0379. The van der Waals surface area contributed by atoms with Gasteiger partial charge in [-0.3, -0.25) is 0 Å². The number of carbonyl (C=O) groups is 1. The summed E-state index contributed by atoms with van der Waals surface area (Å²) in [5, 5.41) is 3.27. The number of esters is 1. The fraction of sp³-hybridized carbons (Fsp3) is 0.500. The quantitative estimate of drug-likeness (QED) is 0.606. The number of unbranched alkanes of at least 4 members (excludes halogenated alkanes) is 1. The Morgan fingerprint density at radius 2 is 2.06 bits per heavy atom. The lowest BCUT2D eigenvalue weighted by Gasteiger charge is -2.12. The first-order chi connectivity index (χ1) is 8.15. The topological polar surface area (TPSA) is 38.3 Å². The normalized spacial score (nSPS) is 10.4. The second kappa shape index (κ2) is 6.94. The number of para-hydroxylation sites is 1. The zero-order chi connectivity index (χ0) is 12.7. The molecule has 1 aromatic rings. The van der Waals surface area contributed by atoms with Gasteiger partial charge in [0, 0.05) is 12.2 Å². The predicted octanol–water partition coefficient (Wildman–Crippen LogP) is 3.46. The van der Waals surface area contributed by atoms with Gasteiger partial charge in [0.25, 0.3) is 0 Å². The molecule has 0 bridgehead atoms. The molecule has 0 amide bonds. The van der Waals surface area contributed by atoms with E-state index in [-0.39, 0.29) is 12.1 Å². The summed E-state index contributed by atoms with van der Waals surface area (Å²) in [6, 6.07) is 7.47. The van der Waals surface area contributed by atoms with Crippen molar-refractivity contribution in [3.8, 4) is 0 Å². The molecule has 0 saturated carbocycles. The summed E-state index contributed by atoms with van der Waals surface area (Å²) >= 11 is 0. The molecule has 0 aliphatic carbocycles. The second-order valence-electron chi connectivity index (χ2n) is 4.28. The summed E-state index contributed by atoms with van der Waals surface area (Å²) in [4.78, 5) is 11.8. The van der Waals surface area contributed by atoms with Crippen LogP contribution in [0, 0.1) is 0 Å². The molecule has 0 saturated heterocycles. The number of benzene rings is 1. The lowest BCUT2D eigenvalue weighted by Crippen LogP contribution is -2.14. The number of ether oxygens (including phenoxy) is 1. The summed E-state index contributed by atoms with van der Waals surface area (Å²) in [7, 11) is 0. The molecular formula is C14H21NO2. The summed E-state index contributed by atoms with van der Waals surface area (Å²) < 4.78 is 5.20. The number of carbonyl (C=O) groups excluding carboxylic acids is 1. The average Bonchev–Trinajstić information content (AvgIpc) is 2.29. The van der Waals surface area contributed by atoms with Crippen LogP contribution in [0.5, 0.6) is 0 Å². The molecular weight excluding hydrogens is 214 g/mol. The van der Waals surface area contributed by atoms with E-state index >= 15 is 0 Å². The molecule has 0 fully saturated rings. The van der Waals surface area contributed by atoms with E-state index in [1.54, 1.807) is 6.07 Å². The third-order valence-electron chi connectivity index (χ3n) is 2.34. The van der Waals surface area contributed by atoms with Gasteiger partial charge in [0.2, 0.25) is 0 Å². The van der Waals surface area contributed by atoms with Gasteiger partial charge in [-0.1, -0.05) is 25.5 Å². The van der Waals surface area contributed by atoms with E-state index in [9.17, 15) is 4.79 Å². The minimum absolute atomic E-state index is 0.0915. The minimum atomic E-state index is -0.264. The molecule has 1 aromatic carbocycles. The van der Waals surface area contributed by atoms with Crippen LogP contribution in [0.2, 0.25) is 0 Å². The fourth-order valence-electron chi connectivity index (χ4n) is 1.49. The molecule has 17 heavy (non-hydrogen) atoms. The van der Waals surface area contributed by atoms with Crippen LogP contribution in [0.3, 0.4) is 0 Å². The van der Waals surface area contributed by atoms with Gasteiger partial charge in [-0.25, -0.2) is 4.79 Å². The SMILES string of the molecule is CCCCNc1ccccc1C(=O)OC(C)C. The summed E-state index contributed by atoms with van der Waals surface area (Å²) in [6.45, 7) is 6.72. The van der Waals surface area contributed by atoms with E-state index in [2.05, 4.69) is 12.2 Å². The second-order valence-corrected chi connectivity index (χ2v) is 4.28. The van der Waals surface area contributed by atoms with Crippen LogP contribution in [0.1, 0.15) is 44.0 Å². The number of nitrogens with one attached hydrogen (secondary N) is 1. The molecule has 0 heterocycles. The molecule has 0 radical (unpaired) electrons. The van der Waals surface area contributed by atoms with Crippen LogP contribution >= 0.6 is 0 Å². The fourth-order valence-corrected chi connectivity index (χ4v) is 1.49. The van der Waals surface area contributed by atoms with E-state index in [1.807, 2.05) is 32.0 Å². The van der Waals surface area contributed by atoms with Crippen molar-refractivity contribution in [1.82, 2.24) is 0 Å². The smallest absolute Gasteiger partial charge is 0.340 e. The highest BCUT2D eigenvalue weighted by molar-refractivity contribution is 5.95. The molecule has 1 N–H and O–H groups in total. The maximum atomic E-state index is 11.8. The molecule has 1 rings (SSSR count). The van der Waals surface area contributed by atoms with Crippen molar-refractivity contribution < 1.29 is 9.53 Å². The van der Waals surface area contributed by atoms with Crippen molar-refractivity contribution >= 4 is 11.7 Å². The van der Waals surface area contributed by atoms with Gasteiger partial charge in [-0.05, 0) is 32.4 Å². The molecule has 0 aliphatic heterocycles. The zero-order valence-corrected chi connectivity index (χ0v) is 10.8. The molecule has 0 aliphatic rings. The highest BCUT2D eigenvalue weighted by atomic mass is 16.5. The number of hydrogen-bond donors (Lipinski definition) is 1. The Morgan fingerprint density at radius 1 is 1.35 bits per heavy atom. The Bertz CT molecular complexity index is 361. The van der Waals surface area contributed by atoms with Crippen molar-refractivity contribution in [3.05, 3.63) is 29.8 Å². The minimum Gasteiger partial charge on any atom is -0.459 e. The van der Waals surface area contributed by atoms with E-state index in [4.69, 9.17) is 4.74 Å². The maximum Gasteiger partial charge on any atom is 0.340 e. The Kier molecular flexibility index (Phi) is 5.53. The molecule has 0 unspecified atom stereocenters. The van der Waals surface area contributed by atoms with E-state index in [0.717, 1.165) is 25.1 Å². The van der Waals surface area contributed by atoms with Crippen LogP contribution in [0.4, 0.5) is 5.69 Å². The first-order valence-corrected chi connectivity index (χ1v) is 6.19. The molecule has 0 aromatic heterocycles. The highest BCUT2D eigenvalue weighted by Crippen LogP contribution is 2.16. The van der Waals surface area contributed by atoms with Crippen molar-refractivity contribution in [2.75, 3.05) is 11.9 Å². The molecule has 0 spiro atoms. The van der Waals surface area contributed by atoms with Crippen LogP contribution in [0.15, 0.2) is 24.3 Å². The van der Waals surface area contributed by atoms with Gasteiger partial charge in [0.15, 0.2) is 0 Å². The Labute approximate surface area is 103 Å². The van der Waals surface area contributed by atoms with Crippen LogP contribution in [-0.4, -0.2) is 18.6 Å². The van der Waals surface area contributed by atoms with Crippen LogP contribution in [0.25, 0.3) is 0 Å². The van der Waals surface area contributed by atoms with E-state index in [1.165, 1.54) is 0 Å². The van der Waals surface area contributed by atoms with Gasteiger partial charge < -0.3 is 10.1 Å². The van der Waals surface area contributed by atoms with Crippen LogP contribution in [-0.2, 0) is 4.74 Å². The Balaban J connectivity index is 2.73. The molecule has 0 atom stereocenters. The predicted molar refractivity (Wildman–Crippen MR) is 70.4 cm³/mol. The number of hydrogen-bond acceptors (Lipinski definition) is 3. The number of anilines is 1. The first kappa shape index (κ1) is 13.6. The monoisotopic (exact) mass is 235 g/mol. The van der Waals surface area contributed by atoms with Crippen molar-refractivity contribution in [1.29, 1.82) is 0 Å². The zero-order valence-electron chi connectivity index (χ0n) is 10.8. The van der Waals surface area contributed by atoms with E-state index < -0.39 is 0 Å². The van der Waals surface area contributed by atoms with Gasteiger partial charge in [0.05, 0.1) is 11.7 Å². The van der Waals surface area contributed by atoms with E-state index in [0.29, 0.717) is 5.56 Å². The average molecular weight is 235 g/mol.